The lowest BCUT2D eigenvalue weighted by molar-refractivity contribution is 0.169. The fourth-order valence-corrected chi connectivity index (χ4v) is 2.22. The molecule has 0 fully saturated rings. The van der Waals surface area contributed by atoms with Crippen molar-refractivity contribution in [2.75, 3.05) is 0 Å². The van der Waals surface area contributed by atoms with Crippen molar-refractivity contribution in [2.45, 2.75) is 84.2 Å². The second kappa shape index (κ2) is 13.9. The highest BCUT2D eigenvalue weighted by Gasteiger charge is 2.01. The predicted octanol–water partition coefficient (Wildman–Crippen LogP) is 5.65. The second-order valence-corrected chi connectivity index (χ2v) is 5.77. The first-order valence-corrected chi connectivity index (χ1v) is 8.14. The summed E-state index contributed by atoms with van der Waals surface area (Å²) in [7, 11) is 0. The van der Waals surface area contributed by atoms with Crippen LogP contribution in [0.15, 0.2) is 24.8 Å². The zero-order valence-electron chi connectivity index (χ0n) is 13.1. The summed E-state index contributed by atoms with van der Waals surface area (Å²) in [5.74, 6) is 0.781. The van der Waals surface area contributed by atoms with Gasteiger partial charge in [-0.25, -0.2) is 0 Å². The number of aliphatic hydroxyl groups excluding tert-OH is 1. The molecule has 0 spiro atoms. The van der Waals surface area contributed by atoms with Crippen LogP contribution in [0.1, 0.15) is 78.1 Å². The summed E-state index contributed by atoms with van der Waals surface area (Å²) in [4.78, 5) is 0. The van der Waals surface area contributed by atoms with E-state index < -0.39 is 0 Å². The maximum absolute atomic E-state index is 9.67. The van der Waals surface area contributed by atoms with Gasteiger partial charge in [-0.05, 0) is 31.6 Å². The summed E-state index contributed by atoms with van der Waals surface area (Å²) in [6, 6.07) is 0. The van der Waals surface area contributed by atoms with Gasteiger partial charge in [-0.2, -0.15) is 0 Å². The van der Waals surface area contributed by atoms with Gasteiger partial charge >= 0.3 is 0 Å². The summed E-state index contributed by atoms with van der Waals surface area (Å²) < 4.78 is 0. The van der Waals surface area contributed by atoms with Crippen molar-refractivity contribution in [1.82, 2.24) is 0 Å². The molecule has 0 aromatic heterocycles. The fourth-order valence-electron chi connectivity index (χ4n) is 2.22. The number of hydrogen-bond donors (Lipinski definition) is 1. The zero-order chi connectivity index (χ0) is 14.3. The first-order valence-electron chi connectivity index (χ1n) is 8.14. The van der Waals surface area contributed by atoms with Crippen LogP contribution in [0.4, 0.5) is 0 Å². The Morgan fingerprint density at radius 2 is 1.68 bits per heavy atom. The third-order valence-electron chi connectivity index (χ3n) is 3.62. The van der Waals surface area contributed by atoms with E-state index in [0.717, 1.165) is 31.6 Å². The fraction of sp³-hybridized carbons (Fsp3) is 0.778. The lowest BCUT2D eigenvalue weighted by Crippen LogP contribution is -2.03. The highest BCUT2D eigenvalue weighted by atomic mass is 16.3. The molecule has 2 atom stereocenters. The average Bonchev–Trinajstić information content (AvgIpc) is 2.41. The van der Waals surface area contributed by atoms with Crippen LogP contribution in [0.5, 0.6) is 0 Å². The quantitative estimate of drug-likeness (QED) is 0.337. The lowest BCUT2D eigenvalue weighted by atomic mass is 9.98. The van der Waals surface area contributed by atoms with Crippen molar-refractivity contribution in [1.29, 1.82) is 0 Å². The monoisotopic (exact) mass is 266 g/mol. The van der Waals surface area contributed by atoms with Crippen LogP contribution < -0.4 is 0 Å². The molecule has 0 heterocycles. The molecule has 0 aliphatic carbocycles. The van der Waals surface area contributed by atoms with E-state index in [1.54, 1.807) is 0 Å². The van der Waals surface area contributed by atoms with Crippen LogP contribution in [0.25, 0.3) is 0 Å². The summed E-state index contributed by atoms with van der Waals surface area (Å²) in [6.07, 6.45) is 18.0. The van der Waals surface area contributed by atoms with Gasteiger partial charge in [0, 0.05) is 0 Å². The third-order valence-corrected chi connectivity index (χ3v) is 3.62. The molecule has 19 heavy (non-hydrogen) atoms. The number of allylic oxidation sites excluding steroid dienone is 2. The molecule has 0 bridgehead atoms. The molecule has 0 aliphatic heterocycles. The average molecular weight is 266 g/mol. The Hall–Kier alpha value is -0.560. The van der Waals surface area contributed by atoms with Crippen LogP contribution in [0, 0.1) is 5.92 Å². The van der Waals surface area contributed by atoms with E-state index in [-0.39, 0.29) is 6.10 Å². The van der Waals surface area contributed by atoms with Crippen LogP contribution in [-0.2, 0) is 0 Å². The molecule has 0 saturated carbocycles. The Morgan fingerprint density at radius 3 is 2.37 bits per heavy atom. The molecule has 1 nitrogen and oxygen atoms in total. The minimum absolute atomic E-state index is 0.196. The maximum atomic E-state index is 9.67. The molecule has 0 amide bonds. The number of aliphatic hydroxyl groups is 1. The van der Waals surface area contributed by atoms with E-state index in [4.69, 9.17) is 0 Å². The van der Waals surface area contributed by atoms with E-state index in [9.17, 15) is 5.11 Å². The summed E-state index contributed by atoms with van der Waals surface area (Å²) in [6.45, 7) is 8.26. The Bertz CT molecular complexity index is 220. The van der Waals surface area contributed by atoms with Gasteiger partial charge in [0.2, 0.25) is 0 Å². The molecule has 1 unspecified atom stereocenters. The molecule has 1 heteroatoms. The molecular weight excluding hydrogens is 232 g/mol. The van der Waals surface area contributed by atoms with Gasteiger partial charge in [-0.1, -0.05) is 70.6 Å². The normalized spacial score (nSPS) is 14.7. The van der Waals surface area contributed by atoms with Crippen molar-refractivity contribution in [3.05, 3.63) is 24.8 Å². The van der Waals surface area contributed by atoms with Gasteiger partial charge in [0.15, 0.2) is 0 Å². The zero-order valence-corrected chi connectivity index (χ0v) is 13.1. The smallest absolute Gasteiger partial charge is 0.0577 e. The van der Waals surface area contributed by atoms with E-state index in [1.807, 2.05) is 6.08 Å². The minimum atomic E-state index is -0.196. The van der Waals surface area contributed by atoms with Gasteiger partial charge in [-0.15, -0.1) is 6.58 Å². The Labute approximate surface area is 120 Å². The number of hydrogen-bond acceptors (Lipinski definition) is 1. The highest BCUT2D eigenvalue weighted by molar-refractivity contribution is 4.86. The SMILES string of the molecule is C=CCCC(O)C/C=C\C[C@H](C)CCCCCCC. The van der Waals surface area contributed by atoms with Crippen molar-refractivity contribution in [3.8, 4) is 0 Å². The summed E-state index contributed by atoms with van der Waals surface area (Å²) in [5.41, 5.74) is 0. The molecule has 1 N–H and O–H groups in total. The van der Waals surface area contributed by atoms with E-state index in [2.05, 4.69) is 32.6 Å². The number of unbranched alkanes of at least 4 members (excludes halogenated alkanes) is 4. The molecule has 0 aromatic carbocycles. The molecule has 0 radical (unpaired) electrons. The van der Waals surface area contributed by atoms with E-state index in [0.29, 0.717) is 0 Å². The summed E-state index contributed by atoms with van der Waals surface area (Å²) >= 11 is 0. The Kier molecular flexibility index (Phi) is 13.5. The topological polar surface area (TPSA) is 20.2 Å². The molecule has 0 saturated heterocycles. The van der Waals surface area contributed by atoms with E-state index >= 15 is 0 Å². The largest absolute Gasteiger partial charge is 0.393 e. The Balaban J connectivity index is 3.44. The van der Waals surface area contributed by atoms with Crippen LogP contribution in [0.3, 0.4) is 0 Å². The van der Waals surface area contributed by atoms with E-state index in [1.165, 1.54) is 38.5 Å². The van der Waals surface area contributed by atoms with Gasteiger partial charge in [-0.3, -0.25) is 0 Å². The molecule has 0 rings (SSSR count). The first kappa shape index (κ1) is 18.4. The highest BCUT2D eigenvalue weighted by Crippen LogP contribution is 2.15. The van der Waals surface area contributed by atoms with Gasteiger partial charge < -0.3 is 5.11 Å². The van der Waals surface area contributed by atoms with Crippen molar-refractivity contribution in [3.63, 3.8) is 0 Å². The van der Waals surface area contributed by atoms with Crippen LogP contribution >= 0.6 is 0 Å². The summed E-state index contributed by atoms with van der Waals surface area (Å²) in [5, 5.41) is 9.67. The lowest BCUT2D eigenvalue weighted by Gasteiger charge is -2.09. The number of rotatable bonds is 13. The predicted molar refractivity (Wildman–Crippen MR) is 86.4 cm³/mol. The Morgan fingerprint density at radius 1 is 1.00 bits per heavy atom. The standard InChI is InChI=1S/C18H34O/c1-4-6-8-9-10-13-17(3)14-11-12-16-18(19)15-7-5-2/h5,11-12,17-19H,2,4,6-10,13-16H2,1,3H3/b12-11-/t17-,18?/m1/s1. The second-order valence-electron chi connectivity index (χ2n) is 5.77. The molecule has 112 valence electrons. The van der Waals surface area contributed by atoms with Gasteiger partial charge in [0.25, 0.3) is 0 Å². The molecule has 0 aromatic rings. The third kappa shape index (κ3) is 13.7. The maximum Gasteiger partial charge on any atom is 0.0577 e. The molecule has 0 aliphatic rings. The van der Waals surface area contributed by atoms with Crippen LogP contribution in [-0.4, -0.2) is 11.2 Å². The van der Waals surface area contributed by atoms with Crippen molar-refractivity contribution >= 4 is 0 Å². The first-order chi connectivity index (χ1) is 9.20. The van der Waals surface area contributed by atoms with Crippen molar-refractivity contribution in [2.24, 2.45) is 5.92 Å². The van der Waals surface area contributed by atoms with Gasteiger partial charge in [0.1, 0.15) is 0 Å². The van der Waals surface area contributed by atoms with Crippen molar-refractivity contribution < 1.29 is 5.11 Å². The molecular formula is C18H34O. The van der Waals surface area contributed by atoms with Gasteiger partial charge in [0.05, 0.1) is 6.10 Å². The minimum Gasteiger partial charge on any atom is -0.393 e. The van der Waals surface area contributed by atoms with Crippen LogP contribution in [0.2, 0.25) is 0 Å².